The first kappa shape index (κ1) is 16.4. The molecule has 1 aliphatic carbocycles. The molecule has 6 nitrogen and oxygen atoms in total. The van der Waals surface area contributed by atoms with Gasteiger partial charge in [-0.1, -0.05) is 0 Å². The van der Waals surface area contributed by atoms with Gasteiger partial charge in [0.15, 0.2) is 0 Å². The van der Waals surface area contributed by atoms with Crippen molar-refractivity contribution in [2.75, 3.05) is 33.9 Å². The summed E-state index contributed by atoms with van der Waals surface area (Å²) in [6, 6.07) is 0. The average molecular weight is 275 g/mol. The Labute approximate surface area is 114 Å². The first-order valence-electron chi connectivity index (χ1n) is 6.68. The summed E-state index contributed by atoms with van der Waals surface area (Å²) >= 11 is 0. The molecular formula is C13H25NO5. The number of methoxy groups -OCH3 is 2. The molecule has 0 bridgehead atoms. The number of ether oxygens (including phenoxy) is 2. The minimum atomic E-state index is -0.794. The molecule has 19 heavy (non-hydrogen) atoms. The number of aliphatic hydroxyl groups is 1. The van der Waals surface area contributed by atoms with E-state index in [4.69, 9.17) is 14.6 Å². The molecule has 6 heteroatoms. The molecule has 3 N–H and O–H groups in total. The van der Waals surface area contributed by atoms with Crippen molar-refractivity contribution in [2.24, 2.45) is 5.92 Å². The SMILES string of the molecule is COCC(CNCC1(O)CCC(C(=O)O)CC1)OC. The number of carboxylic acids is 1. The van der Waals surface area contributed by atoms with E-state index in [0.717, 1.165) is 0 Å². The molecule has 1 atom stereocenters. The Bertz CT molecular complexity index is 276. The van der Waals surface area contributed by atoms with E-state index in [9.17, 15) is 9.90 Å². The van der Waals surface area contributed by atoms with Crippen molar-refractivity contribution in [3.05, 3.63) is 0 Å². The third-order valence-corrected chi connectivity index (χ3v) is 3.78. The lowest BCUT2D eigenvalue weighted by atomic mass is 9.79. The third kappa shape index (κ3) is 5.44. The summed E-state index contributed by atoms with van der Waals surface area (Å²) in [5.41, 5.74) is -0.794. The fraction of sp³-hybridized carbons (Fsp3) is 0.923. The molecule has 0 amide bonds. The van der Waals surface area contributed by atoms with Crippen LogP contribution in [0.15, 0.2) is 0 Å². The molecule has 0 aromatic carbocycles. The predicted molar refractivity (Wildman–Crippen MR) is 70.1 cm³/mol. The zero-order valence-electron chi connectivity index (χ0n) is 11.7. The molecule has 0 saturated heterocycles. The standard InChI is InChI=1S/C13H25NO5/c1-18-8-11(19-2)7-14-9-13(17)5-3-10(4-6-13)12(15)16/h10-11,14,17H,3-9H2,1-2H3,(H,15,16). The summed E-state index contributed by atoms with van der Waals surface area (Å²) in [5.74, 6) is -1.06. The van der Waals surface area contributed by atoms with Gasteiger partial charge in [-0.05, 0) is 25.7 Å². The first-order chi connectivity index (χ1) is 9.00. The van der Waals surface area contributed by atoms with Gasteiger partial charge in [0.1, 0.15) is 0 Å². The number of rotatable bonds is 8. The van der Waals surface area contributed by atoms with Gasteiger partial charge in [0, 0.05) is 27.3 Å². The first-order valence-corrected chi connectivity index (χ1v) is 6.68. The molecule has 0 aromatic rings. The van der Waals surface area contributed by atoms with Crippen molar-refractivity contribution < 1.29 is 24.5 Å². The molecule has 0 heterocycles. The largest absolute Gasteiger partial charge is 0.481 e. The van der Waals surface area contributed by atoms with Gasteiger partial charge in [0.25, 0.3) is 0 Å². The maximum atomic E-state index is 10.9. The zero-order valence-corrected chi connectivity index (χ0v) is 11.7. The lowest BCUT2D eigenvalue weighted by Gasteiger charge is -2.35. The summed E-state index contributed by atoms with van der Waals surface area (Å²) in [6.45, 7) is 1.57. The molecule has 1 rings (SSSR count). The Kier molecular flexibility index (Phi) is 6.71. The van der Waals surface area contributed by atoms with Gasteiger partial charge in [-0.15, -0.1) is 0 Å². The predicted octanol–water partition coefficient (Wildman–Crippen LogP) is 0.243. The highest BCUT2D eigenvalue weighted by Crippen LogP contribution is 2.31. The van der Waals surface area contributed by atoms with Crippen molar-refractivity contribution in [2.45, 2.75) is 37.4 Å². The van der Waals surface area contributed by atoms with Crippen molar-refractivity contribution in [3.63, 3.8) is 0 Å². The molecule has 1 unspecified atom stereocenters. The van der Waals surface area contributed by atoms with E-state index >= 15 is 0 Å². The third-order valence-electron chi connectivity index (χ3n) is 3.78. The molecule has 1 saturated carbocycles. The van der Waals surface area contributed by atoms with Gasteiger partial charge in [-0.2, -0.15) is 0 Å². The van der Waals surface area contributed by atoms with Crippen molar-refractivity contribution in [1.29, 1.82) is 0 Å². The quantitative estimate of drug-likeness (QED) is 0.588. The molecule has 0 radical (unpaired) electrons. The summed E-state index contributed by atoms with van der Waals surface area (Å²) < 4.78 is 10.2. The van der Waals surface area contributed by atoms with E-state index in [1.807, 2.05) is 0 Å². The molecule has 0 aliphatic heterocycles. The Balaban J connectivity index is 2.27. The second-order valence-electron chi connectivity index (χ2n) is 5.28. The summed E-state index contributed by atoms with van der Waals surface area (Å²) in [6.07, 6.45) is 2.10. The monoisotopic (exact) mass is 275 g/mol. The smallest absolute Gasteiger partial charge is 0.306 e. The maximum absolute atomic E-state index is 10.9. The van der Waals surface area contributed by atoms with Crippen molar-refractivity contribution in [1.82, 2.24) is 5.32 Å². The van der Waals surface area contributed by atoms with E-state index in [-0.39, 0.29) is 12.0 Å². The maximum Gasteiger partial charge on any atom is 0.306 e. The van der Waals surface area contributed by atoms with Gasteiger partial charge in [0.2, 0.25) is 0 Å². The van der Waals surface area contributed by atoms with Crippen LogP contribution in [-0.2, 0) is 14.3 Å². The van der Waals surface area contributed by atoms with Crippen LogP contribution in [0.1, 0.15) is 25.7 Å². The summed E-state index contributed by atoms with van der Waals surface area (Å²) in [7, 11) is 3.24. The highest BCUT2D eigenvalue weighted by atomic mass is 16.5. The van der Waals surface area contributed by atoms with E-state index < -0.39 is 11.6 Å². The molecule has 112 valence electrons. The molecule has 0 spiro atoms. The van der Waals surface area contributed by atoms with Gasteiger partial charge in [0.05, 0.1) is 24.2 Å². The highest BCUT2D eigenvalue weighted by Gasteiger charge is 2.35. The summed E-state index contributed by atoms with van der Waals surface area (Å²) in [4.78, 5) is 10.9. The number of nitrogens with one attached hydrogen (secondary N) is 1. The van der Waals surface area contributed by atoms with E-state index in [2.05, 4.69) is 5.32 Å². The Morgan fingerprint density at radius 1 is 1.42 bits per heavy atom. The second kappa shape index (κ2) is 7.79. The number of hydrogen-bond acceptors (Lipinski definition) is 5. The minimum Gasteiger partial charge on any atom is -0.481 e. The van der Waals surface area contributed by atoms with Crippen LogP contribution < -0.4 is 5.32 Å². The van der Waals surface area contributed by atoms with Crippen molar-refractivity contribution in [3.8, 4) is 0 Å². The van der Waals surface area contributed by atoms with Crippen LogP contribution in [0.4, 0.5) is 0 Å². The van der Waals surface area contributed by atoms with Crippen LogP contribution in [0.25, 0.3) is 0 Å². The van der Waals surface area contributed by atoms with Crippen LogP contribution in [0.2, 0.25) is 0 Å². The zero-order chi connectivity index (χ0) is 14.3. The fourth-order valence-electron chi connectivity index (χ4n) is 2.44. The Hall–Kier alpha value is -0.690. The van der Waals surface area contributed by atoms with E-state index in [1.54, 1.807) is 14.2 Å². The lowest BCUT2D eigenvalue weighted by molar-refractivity contribution is -0.144. The fourth-order valence-corrected chi connectivity index (χ4v) is 2.44. The van der Waals surface area contributed by atoms with E-state index in [0.29, 0.717) is 45.4 Å². The number of hydrogen-bond donors (Lipinski definition) is 3. The minimum absolute atomic E-state index is 0.0380. The highest BCUT2D eigenvalue weighted by molar-refractivity contribution is 5.70. The van der Waals surface area contributed by atoms with Crippen LogP contribution >= 0.6 is 0 Å². The van der Waals surface area contributed by atoms with Crippen molar-refractivity contribution >= 4 is 5.97 Å². The van der Waals surface area contributed by atoms with Gasteiger partial charge >= 0.3 is 5.97 Å². The lowest BCUT2D eigenvalue weighted by Crippen LogP contribution is -2.46. The van der Waals surface area contributed by atoms with Gasteiger partial charge in [-0.3, -0.25) is 4.79 Å². The molecule has 0 aromatic heterocycles. The van der Waals surface area contributed by atoms with Gasteiger partial charge < -0.3 is 25.0 Å². The van der Waals surface area contributed by atoms with Gasteiger partial charge in [-0.25, -0.2) is 0 Å². The topological polar surface area (TPSA) is 88.0 Å². The molecule has 1 fully saturated rings. The molecular weight excluding hydrogens is 250 g/mol. The average Bonchev–Trinajstić information content (AvgIpc) is 2.38. The summed E-state index contributed by atoms with van der Waals surface area (Å²) in [5, 5.41) is 22.5. The second-order valence-corrected chi connectivity index (χ2v) is 5.28. The number of carbonyl (C=O) groups is 1. The molecule has 1 aliphatic rings. The Morgan fingerprint density at radius 3 is 2.53 bits per heavy atom. The van der Waals surface area contributed by atoms with Crippen LogP contribution in [0.3, 0.4) is 0 Å². The van der Waals surface area contributed by atoms with Crippen LogP contribution in [-0.4, -0.2) is 61.8 Å². The Morgan fingerprint density at radius 2 is 2.05 bits per heavy atom. The van der Waals surface area contributed by atoms with Crippen LogP contribution in [0, 0.1) is 5.92 Å². The number of aliphatic carboxylic acids is 1. The number of carboxylic acid groups (broad SMARTS) is 1. The van der Waals surface area contributed by atoms with E-state index in [1.165, 1.54) is 0 Å². The normalized spacial score (nSPS) is 29.1. The van der Waals surface area contributed by atoms with Crippen LogP contribution in [0.5, 0.6) is 0 Å².